The highest BCUT2D eigenvalue weighted by Crippen LogP contribution is 2.06. The van der Waals surface area contributed by atoms with Crippen molar-refractivity contribution >= 4 is 11.9 Å². The van der Waals surface area contributed by atoms with Crippen molar-refractivity contribution < 1.29 is 14.3 Å². The quantitative estimate of drug-likeness (QED) is 0.434. The molecule has 6 nitrogen and oxygen atoms in total. The maximum atomic E-state index is 11.9. The Balaban J connectivity index is 2.60. The van der Waals surface area contributed by atoms with E-state index in [9.17, 15) is 9.59 Å². The second kappa shape index (κ2) is 10.1. The maximum Gasteiger partial charge on any atom is 0.338 e. The van der Waals surface area contributed by atoms with Gasteiger partial charge in [0.15, 0.2) is 0 Å². The first kappa shape index (κ1) is 19.2. The minimum atomic E-state index is -0.392. The Kier molecular flexibility index (Phi) is 8.06. The predicted molar refractivity (Wildman–Crippen MR) is 90.8 cm³/mol. The van der Waals surface area contributed by atoms with Crippen molar-refractivity contribution in [2.75, 3.05) is 6.61 Å². The zero-order chi connectivity index (χ0) is 17.9. The molecule has 0 heterocycles. The Morgan fingerprint density at radius 1 is 1.29 bits per heavy atom. The van der Waals surface area contributed by atoms with Gasteiger partial charge in [0, 0.05) is 18.8 Å². The highest BCUT2D eigenvalue weighted by Gasteiger charge is 2.11. The third-order valence-corrected chi connectivity index (χ3v) is 3.37. The molecule has 1 rings (SSSR count). The summed E-state index contributed by atoms with van der Waals surface area (Å²) in [5.41, 5.74) is 1.43. The van der Waals surface area contributed by atoms with E-state index in [1.807, 2.05) is 19.9 Å². The number of benzene rings is 1. The monoisotopic (exact) mass is 329 g/mol. The lowest BCUT2D eigenvalue weighted by Crippen LogP contribution is -2.33. The zero-order valence-electron chi connectivity index (χ0n) is 14.3. The number of esters is 1. The normalized spacial score (nSPS) is 12.0. The van der Waals surface area contributed by atoms with E-state index < -0.39 is 5.91 Å². The molecule has 2 N–H and O–H groups in total. The molecule has 0 aliphatic carbocycles. The van der Waals surface area contributed by atoms with Gasteiger partial charge >= 0.3 is 5.97 Å². The summed E-state index contributed by atoms with van der Waals surface area (Å²) in [4.78, 5) is 23.4. The molecule has 0 spiro atoms. The summed E-state index contributed by atoms with van der Waals surface area (Å²) >= 11 is 0. The molecule has 0 aliphatic heterocycles. The predicted octanol–water partition coefficient (Wildman–Crippen LogP) is 2.28. The molecule has 0 fully saturated rings. The molecular weight excluding hydrogens is 306 g/mol. The number of hydrogen-bond donors (Lipinski definition) is 2. The van der Waals surface area contributed by atoms with Crippen LogP contribution in [0, 0.1) is 11.3 Å². The highest BCUT2D eigenvalue weighted by atomic mass is 16.5. The molecule has 0 aromatic heterocycles. The fourth-order valence-electron chi connectivity index (χ4n) is 1.80. The van der Waals surface area contributed by atoms with Crippen LogP contribution in [-0.2, 0) is 16.1 Å². The van der Waals surface area contributed by atoms with Crippen LogP contribution in [0.5, 0.6) is 0 Å². The second-order valence-electron chi connectivity index (χ2n) is 5.25. The zero-order valence-corrected chi connectivity index (χ0v) is 14.3. The number of hydrogen-bond acceptors (Lipinski definition) is 5. The van der Waals surface area contributed by atoms with Crippen LogP contribution in [0.2, 0.25) is 0 Å². The molecule has 6 heteroatoms. The Morgan fingerprint density at radius 3 is 2.50 bits per heavy atom. The molecule has 0 radical (unpaired) electrons. The fraction of sp³-hybridized carbons (Fsp3) is 0.389. The van der Waals surface area contributed by atoms with Gasteiger partial charge in [0.05, 0.1) is 12.2 Å². The van der Waals surface area contributed by atoms with Gasteiger partial charge in [-0.25, -0.2) is 4.79 Å². The SMILES string of the molecule is CCOC(=O)c1ccc(CN/C=C(/C#N)C(=O)NC(C)CC)cc1. The lowest BCUT2D eigenvalue weighted by Gasteiger charge is -2.10. The van der Waals surface area contributed by atoms with Gasteiger partial charge < -0.3 is 15.4 Å². The number of nitriles is 1. The average molecular weight is 329 g/mol. The molecule has 1 atom stereocenters. The van der Waals surface area contributed by atoms with Crippen LogP contribution in [0.3, 0.4) is 0 Å². The largest absolute Gasteiger partial charge is 0.462 e. The lowest BCUT2D eigenvalue weighted by molar-refractivity contribution is -0.117. The van der Waals surface area contributed by atoms with Crippen molar-refractivity contribution in [3.05, 3.63) is 47.2 Å². The molecular formula is C18H23N3O3. The van der Waals surface area contributed by atoms with Gasteiger partial charge in [0.1, 0.15) is 11.6 Å². The molecule has 1 aromatic carbocycles. The smallest absolute Gasteiger partial charge is 0.338 e. The number of carbonyl (C=O) groups excluding carboxylic acids is 2. The molecule has 0 aliphatic rings. The summed E-state index contributed by atoms with van der Waals surface area (Å²) in [5, 5.41) is 14.7. The van der Waals surface area contributed by atoms with E-state index in [-0.39, 0.29) is 17.6 Å². The first-order chi connectivity index (χ1) is 11.5. The van der Waals surface area contributed by atoms with E-state index in [1.165, 1.54) is 6.20 Å². The molecule has 0 bridgehead atoms. The van der Waals surface area contributed by atoms with E-state index >= 15 is 0 Å². The topological polar surface area (TPSA) is 91.2 Å². The average Bonchev–Trinajstić information content (AvgIpc) is 2.59. The van der Waals surface area contributed by atoms with Crippen molar-refractivity contribution in [1.82, 2.24) is 10.6 Å². The molecule has 1 unspecified atom stereocenters. The summed E-state index contributed by atoms with van der Waals surface area (Å²) < 4.78 is 4.92. The Morgan fingerprint density at radius 2 is 1.96 bits per heavy atom. The standard InChI is InChI=1S/C18H23N3O3/c1-4-13(3)21-17(22)16(10-19)12-20-11-14-6-8-15(9-7-14)18(23)24-5-2/h6-9,12-13,20H,4-5,11H2,1-3H3,(H,21,22)/b16-12-. The van der Waals surface area contributed by atoms with Crippen LogP contribution in [0.15, 0.2) is 36.0 Å². The third-order valence-electron chi connectivity index (χ3n) is 3.37. The summed E-state index contributed by atoms with van der Waals surface area (Å²) in [7, 11) is 0. The van der Waals surface area contributed by atoms with E-state index in [4.69, 9.17) is 10.00 Å². The highest BCUT2D eigenvalue weighted by molar-refractivity contribution is 5.97. The molecule has 1 amide bonds. The van der Waals surface area contributed by atoms with Gasteiger partial charge in [-0.05, 0) is 38.0 Å². The van der Waals surface area contributed by atoms with Gasteiger partial charge in [0.2, 0.25) is 0 Å². The second-order valence-corrected chi connectivity index (χ2v) is 5.25. The van der Waals surface area contributed by atoms with Crippen LogP contribution in [0.1, 0.15) is 43.1 Å². The fourth-order valence-corrected chi connectivity index (χ4v) is 1.80. The van der Waals surface area contributed by atoms with E-state index in [0.29, 0.717) is 18.7 Å². The van der Waals surface area contributed by atoms with Gasteiger partial charge in [0.25, 0.3) is 5.91 Å². The Hall–Kier alpha value is -2.81. The van der Waals surface area contributed by atoms with Gasteiger partial charge in [-0.15, -0.1) is 0 Å². The van der Waals surface area contributed by atoms with E-state index in [2.05, 4.69) is 10.6 Å². The van der Waals surface area contributed by atoms with Gasteiger partial charge in [-0.2, -0.15) is 5.26 Å². The van der Waals surface area contributed by atoms with Crippen LogP contribution < -0.4 is 10.6 Å². The number of amides is 1. The van der Waals surface area contributed by atoms with Crippen LogP contribution in [-0.4, -0.2) is 24.5 Å². The minimum Gasteiger partial charge on any atom is -0.462 e. The van der Waals surface area contributed by atoms with Gasteiger partial charge in [-0.3, -0.25) is 4.79 Å². The van der Waals surface area contributed by atoms with E-state index in [0.717, 1.165) is 12.0 Å². The lowest BCUT2D eigenvalue weighted by atomic mass is 10.1. The molecule has 0 saturated heterocycles. The van der Waals surface area contributed by atoms with Crippen molar-refractivity contribution in [2.45, 2.75) is 39.8 Å². The number of ether oxygens (including phenoxy) is 1. The minimum absolute atomic E-state index is 0.0182. The van der Waals surface area contributed by atoms with Gasteiger partial charge in [-0.1, -0.05) is 19.1 Å². The van der Waals surface area contributed by atoms with Crippen molar-refractivity contribution in [3.63, 3.8) is 0 Å². The summed E-state index contributed by atoms with van der Waals surface area (Å²) in [6, 6.07) is 8.84. The van der Waals surface area contributed by atoms with Crippen molar-refractivity contribution in [1.29, 1.82) is 5.26 Å². The van der Waals surface area contributed by atoms with Crippen LogP contribution >= 0.6 is 0 Å². The molecule has 0 saturated carbocycles. The molecule has 24 heavy (non-hydrogen) atoms. The molecule has 128 valence electrons. The summed E-state index contributed by atoms with van der Waals surface area (Å²) in [5.74, 6) is -0.748. The van der Waals surface area contributed by atoms with Crippen molar-refractivity contribution in [2.24, 2.45) is 0 Å². The number of nitrogens with one attached hydrogen (secondary N) is 2. The Bertz CT molecular complexity index is 630. The van der Waals surface area contributed by atoms with Crippen molar-refractivity contribution in [3.8, 4) is 6.07 Å². The third kappa shape index (κ3) is 6.13. The summed E-state index contributed by atoms with van der Waals surface area (Å²) in [6.45, 7) is 6.37. The molecule has 1 aromatic rings. The Labute approximate surface area is 142 Å². The van der Waals surface area contributed by atoms with Crippen LogP contribution in [0.25, 0.3) is 0 Å². The summed E-state index contributed by atoms with van der Waals surface area (Å²) in [6.07, 6.45) is 2.20. The maximum absolute atomic E-state index is 11.9. The first-order valence-corrected chi connectivity index (χ1v) is 7.92. The number of nitrogens with zero attached hydrogens (tertiary/aromatic N) is 1. The van der Waals surface area contributed by atoms with Crippen LogP contribution in [0.4, 0.5) is 0 Å². The number of carbonyl (C=O) groups is 2. The first-order valence-electron chi connectivity index (χ1n) is 7.92. The number of rotatable bonds is 8. The van der Waals surface area contributed by atoms with E-state index in [1.54, 1.807) is 31.2 Å².